The predicted octanol–water partition coefficient (Wildman–Crippen LogP) is 1.37. The second kappa shape index (κ2) is 6.74. The maximum Gasteiger partial charge on any atom is 0.251 e. The van der Waals surface area contributed by atoms with Crippen molar-refractivity contribution in [2.24, 2.45) is 7.05 Å². The Bertz CT molecular complexity index is 692. The maximum atomic E-state index is 12.0. The molecule has 110 valence electrons. The summed E-state index contributed by atoms with van der Waals surface area (Å²) in [6.45, 7) is 0.481. The van der Waals surface area contributed by atoms with Crippen LogP contribution in [0.1, 0.15) is 15.9 Å². The number of rotatable bonds is 5. The number of ether oxygens (including phenoxy) is 1. The number of hydrogen-bond acceptors (Lipinski definition) is 3. The fraction of sp³-hybridized carbons (Fsp3) is 0.250. The van der Waals surface area contributed by atoms with Crippen molar-refractivity contribution in [1.29, 1.82) is 0 Å². The highest BCUT2D eigenvalue weighted by molar-refractivity contribution is 5.93. The van der Waals surface area contributed by atoms with Crippen molar-refractivity contribution in [3.8, 4) is 5.75 Å². The smallest absolute Gasteiger partial charge is 0.251 e. The van der Waals surface area contributed by atoms with E-state index in [0.29, 0.717) is 18.5 Å². The lowest BCUT2D eigenvalue weighted by Crippen LogP contribution is -2.27. The van der Waals surface area contributed by atoms with Gasteiger partial charge in [-0.25, -0.2) is 0 Å². The number of pyridine rings is 1. The number of amides is 1. The van der Waals surface area contributed by atoms with Gasteiger partial charge in [0, 0.05) is 31.4 Å². The van der Waals surface area contributed by atoms with Gasteiger partial charge in [0.05, 0.1) is 7.11 Å². The summed E-state index contributed by atoms with van der Waals surface area (Å²) in [5.41, 5.74) is 1.20. The normalized spacial score (nSPS) is 10.2. The molecule has 0 spiro atoms. The monoisotopic (exact) mass is 286 g/mol. The zero-order valence-corrected chi connectivity index (χ0v) is 12.1. The predicted molar refractivity (Wildman–Crippen MR) is 80.7 cm³/mol. The van der Waals surface area contributed by atoms with Gasteiger partial charge in [0.15, 0.2) is 0 Å². The Hall–Kier alpha value is -2.56. The molecule has 0 aliphatic heterocycles. The first-order valence-electron chi connectivity index (χ1n) is 6.68. The van der Waals surface area contributed by atoms with Crippen LogP contribution in [0.3, 0.4) is 0 Å². The molecule has 1 heterocycles. The summed E-state index contributed by atoms with van der Waals surface area (Å²) in [4.78, 5) is 23.5. The van der Waals surface area contributed by atoms with Gasteiger partial charge in [0.25, 0.3) is 11.5 Å². The summed E-state index contributed by atoms with van der Waals surface area (Å²) in [7, 11) is 3.27. The van der Waals surface area contributed by atoms with Crippen LogP contribution in [0.4, 0.5) is 0 Å². The van der Waals surface area contributed by atoms with Gasteiger partial charge in [0.2, 0.25) is 0 Å². The van der Waals surface area contributed by atoms with Crippen LogP contribution in [-0.2, 0) is 13.5 Å². The van der Waals surface area contributed by atoms with Gasteiger partial charge in [-0.3, -0.25) is 9.59 Å². The Morgan fingerprint density at radius 2 is 2.05 bits per heavy atom. The average molecular weight is 286 g/mol. The van der Waals surface area contributed by atoms with E-state index in [2.05, 4.69) is 5.32 Å². The van der Waals surface area contributed by atoms with E-state index in [1.165, 1.54) is 10.6 Å². The molecule has 0 atom stereocenters. The van der Waals surface area contributed by atoms with Crippen molar-refractivity contribution < 1.29 is 9.53 Å². The van der Waals surface area contributed by atoms with E-state index in [4.69, 9.17) is 4.74 Å². The number of aromatic nitrogens is 1. The van der Waals surface area contributed by atoms with E-state index in [1.807, 2.05) is 24.3 Å². The number of aryl methyl sites for hydroxylation is 1. The Labute approximate surface area is 123 Å². The maximum absolute atomic E-state index is 12.0. The first-order chi connectivity index (χ1) is 10.1. The van der Waals surface area contributed by atoms with Crippen molar-refractivity contribution >= 4 is 5.91 Å². The highest BCUT2D eigenvalue weighted by Crippen LogP contribution is 2.17. The Morgan fingerprint density at radius 1 is 1.29 bits per heavy atom. The van der Waals surface area contributed by atoms with Crippen LogP contribution in [0.15, 0.2) is 47.4 Å². The summed E-state index contributed by atoms with van der Waals surface area (Å²) in [5, 5.41) is 2.80. The van der Waals surface area contributed by atoms with Crippen LogP contribution in [0.2, 0.25) is 0 Å². The van der Waals surface area contributed by atoms with Crippen LogP contribution in [-0.4, -0.2) is 24.1 Å². The third-order valence-electron chi connectivity index (χ3n) is 3.24. The van der Waals surface area contributed by atoms with E-state index in [9.17, 15) is 9.59 Å². The summed E-state index contributed by atoms with van der Waals surface area (Å²) < 4.78 is 6.68. The molecule has 0 bridgehead atoms. The minimum absolute atomic E-state index is 0.202. The van der Waals surface area contributed by atoms with Crippen LogP contribution in [0.5, 0.6) is 5.75 Å². The van der Waals surface area contributed by atoms with Crippen LogP contribution >= 0.6 is 0 Å². The van der Waals surface area contributed by atoms with Crippen molar-refractivity contribution in [1.82, 2.24) is 9.88 Å². The number of para-hydroxylation sites is 1. The molecule has 0 radical (unpaired) electrons. The zero-order valence-electron chi connectivity index (χ0n) is 12.1. The highest BCUT2D eigenvalue weighted by Gasteiger charge is 2.07. The number of methoxy groups -OCH3 is 1. The number of carbonyl (C=O) groups is 1. The second-order valence-electron chi connectivity index (χ2n) is 4.68. The summed E-state index contributed by atoms with van der Waals surface area (Å²) >= 11 is 0. The molecular weight excluding hydrogens is 268 g/mol. The van der Waals surface area contributed by atoms with Gasteiger partial charge in [-0.1, -0.05) is 18.2 Å². The van der Waals surface area contributed by atoms with E-state index in [0.717, 1.165) is 11.3 Å². The van der Waals surface area contributed by atoms with Crippen molar-refractivity contribution in [3.05, 3.63) is 64.1 Å². The molecule has 1 aromatic carbocycles. The van der Waals surface area contributed by atoms with E-state index >= 15 is 0 Å². The Balaban J connectivity index is 1.95. The summed E-state index contributed by atoms with van der Waals surface area (Å²) in [6, 6.07) is 10.6. The van der Waals surface area contributed by atoms with Gasteiger partial charge >= 0.3 is 0 Å². The van der Waals surface area contributed by atoms with Gasteiger partial charge in [-0.15, -0.1) is 0 Å². The standard InChI is InChI=1S/C16H18N2O3/c1-18-10-8-13(11-15(18)19)16(20)17-9-7-12-5-3-4-6-14(12)21-2/h3-6,8,10-11H,7,9H2,1-2H3,(H,17,20). The first kappa shape index (κ1) is 14.8. The molecule has 5 heteroatoms. The molecule has 5 nitrogen and oxygen atoms in total. The van der Waals surface area contributed by atoms with Crippen molar-refractivity contribution in [2.75, 3.05) is 13.7 Å². The molecule has 0 saturated heterocycles. The number of nitrogens with zero attached hydrogens (tertiary/aromatic N) is 1. The molecule has 0 unspecified atom stereocenters. The molecule has 2 aromatic rings. The Morgan fingerprint density at radius 3 is 2.76 bits per heavy atom. The van der Waals surface area contributed by atoms with E-state index in [-0.39, 0.29) is 11.5 Å². The number of hydrogen-bond donors (Lipinski definition) is 1. The number of benzene rings is 1. The number of nitrogens with one attached hydrogen (secondary N) is 1. The topological polar surface area (TPSA) is 60.3 Å². The Kier molecular flexibility index (Phi) is 4.77. The zero-order chi connectivity index (χ0) is 15.2. The summed E-state index contributed by atoms with van der Waals surface area (Å²) in [5.74, 6) is 0.558. The quantitative estimate of drug-likeness (QED) is 0.903. The van der Waals surface area contributed by atoms with E-state index in [1.54, 1.807) is 26.4 Å². The molecule has 1 amide bonds. The lowest BCUT2D eigenvalue weighted by atomic mass is 10.1. The lowest BCUT2D eigenvalue weighted by molar-refractivity contribution is 0.0953. The van der Waals surface area contributed by atoms with Crippen LogP contribution in [0, 0.1) is 0 Å². The largest absolute Gasteiger partial charge is 0.496 e. The number of carbonyl (C=O) groups excluding carboxylic acids is 1. The fourth-order valence-corrected chi connectivity index (χ4v) is 2.01. The van der Waals surface area contributed by atoms with Crippen molar-refractivity contribution in [2.45, 2.75) is 6.42 Å². The van der Waals surface area contributed by atoms with E-state index < -0.39 is 0 Å². The average Bonchev–Trinajstić information content (AvgIpc) is 2.50. The molecule has 1 aromatic heterocycles. The summed E-state index contributed by atoms with van der Waals surface area (Å²) in [6.07, 6.45) is 2.25. The molecule has 21 heavy (non-hydrogen) atoms. The molecule has 0 aliphatic rings. The molecule has 0 saturated carbocycles. The minimum Gasteiger partial charge on any atom is -0.496 e. The second-order valence-corrected chi connectivity index (χ2v) is 4.68. The lowest BCUT2D eigenvalue weighted by Gasteiger charge is -2.09. The van der Waals surface area contributed by atoms with Crippen LogP contribution in [0.25, 0.3) is 0 Å². The van der Waals surface area contributed by atoms with Crippen molar-refractivity contribution in [3.63, 3.8) is 0 Å². The fourth-order valence-electron chi connectivity index (χ4n) is 2.01. The first-order valence-corrected chi connectivity index (χ1v) is 6.68. The third kappa shape index (κ3) is 3.72. The third-order valence-corrected chi connectivity index (χ3v) is 3.24. The van der Waals surface area contributed by atoms with Gasteiger partial charge in [0.1, 0.15) is 5.75 Å². The molecule has 2 rings (SSSR count). The highest BCUT2D eigenvalue weighted by atomic mass is 16.5. The van der Waals surface area contributed by atoms with Gasteiger partial charge < -0.3 is 14.6 Å². The molecule has 1 N–H and O–H groups in total. The minimum atomic E-state index is -0.248. The SMILES string of the molecule is COc1ccccc1CCNC(=O)c1ccn(C)c(=O)c1. The van der Waals surface area contributed by atoms with Gasteiger partial charge in [-0.05, 0) is 24.1 Å². The molecule has 0 aliphatic carbocycles. The molecule has 0 fully saturated rings. The van der Waals surface area contributed by atoms with Crippen LogP contribution < -0.4 is 15.6 Å². The van der Waals surface area contributed by atoms with Gasteiger partial charge in [-0.2, -0.15) is 0 Å². The molecular formula is C16H18N2O3.